The van der Waals surface area contributed by atoms with Gasteiger partial charge in [-0.05, 0) is 44.4 Å². The predicted octanol–water partition coefficient (Wildman–Crippen LogP) is 3.20. The summed E-state index contributed by atoms with van der Waals surface area (Å²) in [5, 5.41) is 4.37. The van der Waals surface area contributed by atoms with E-state index in [0.29, 0.717) is 0 Å². The summed E-state index contributed by atoms with van der Waals surface area (Å²) in [5.74, 6) is 1.98. The van der Waals surface area contributed by atoms with Gasteiger partial charge in [0.15, 0.2) is 5.13 Å². The van der Waals surface area contributed by atoms with Gasteiger partial charge in [-0.2, -0.15) is 0 Å². The summed E-state index contributed by atoms with van der Waals surface area (Å²) in [5.41, 5.74) is 0. The number of nitrogens with one attached hydrogen (secondary N) is 1. The largest absolute Gasteiger partial charge is 0.362 e. The molecule has 1 aromatic heterocycles. The van der Waals surface area contributed by atoms with Crippen LogP contribution in [-0.2, 0) is 6.54 Å². The number of anilines is 1. The number of aromatic nitrogens is 1. The molecule has 0 amide bonds. The summed E-state index contributed by atoms with van der Waals surface area (Å²) in [6.07, 6.45) is 7.85. The van der Waals surface area contributed by atoms with Gasteiger partial charge in [-0.25, -0.2) is 4.98 Å². The van der Waals surface area contributed by atoms with E-state index in [9.17, 15) is 0 Å². The molecule has 0 unspecified atom stereocenters. The Morgan fingerprint density at radius 3 is 2.50 bits per heavy atom. The van der Waals surface area contributed by atoms with Crippen LogP contribution in [0.5, 0.6) is 0 Å². The Labute approximate surface area is 114 Å². The Kier molecular flexibility index (Phi) is 3.85. The van der Waals surface area contributed by atoms with Gasteiger partial charge in [0.1, 0.15) is 0 Å². The molecule has 0 saturated heterocycles. The van der Waals surface area contributed by atoms with Crippen molar-refractivity contribution in [1.82, 2.24) is 9.88 Å². The molecular weight excluding hydrogens is 242 g/mol. The molecule has 2 fully saturated rings. The minimum atomic E-state index is 0.959. The molecule has 0 aromatic carbocycles. The van der Waals surface area contributed by atoms with Crippen molar-refractivity contribution >= 4 is 16.5 Å². The van der Waals surface area contributed by atoms with Crippen LogP contribution >= 0.6 is 11.3 Å². The molecule has 2 aliphatic rings. The van der Waals surface area contributed by atoms with Gasteiger partial charge in [0, 0.05) is 37.3 Å². The van der Waals surface area contributed by atoms with Crippen LogP contribution in [0.15, 0.2) is 6.20 Å². The van der Waals surface area contributed by atoms with Crippen LogP contribution in [-0.4, -0.2) is 29.5 Å². The summed E-state index contributed by atoms with van der Waals surface area (Å²) >= 11 is 1.82. The van der Waals surface area contributed by atoms with E-state index in [-0.39, 0.29) is 0 Å². The van der Waals surface area contributed by atoms with E-state index >= 15 is 0 Å². The third-order valence-electron chi connectivity index (χ3n) is 3.69. The topological polar surface area (TPSA) is 28.2 Å². The molecule has 2 aliphatic carbocycles. The number of nitrogens with zero attached hydrogens (tertiary/aromatic N) is 2. The van der Waals surface area contributed by atoms with Crippen molar-refractivity contribution in [3.8, 4) is 0 Å². The average molecular weight is 265 g/mol. The Morgan fingerprint density at radius 1 is 1.28 bits per heavy atom. The zero-order valence-electron chi connectivity index (χ0n) is 11.2. The van der Waals surface area contributed by atoms with E-state index in [1.807, 2.05) is 11.3 Å². The fourth-order valence-electron chi connectivity index (χ4n) is 2.37. The molecule has 18 heavy (non-hydrogen) atoms. The van der Waals surface area contributed by atoms with E-state index in [0.717, 1.165) is 30.1 Å². The molecule has 1 aromatic rings. The van der Waals surface area contributed by atoms with Gasteiger partial charge in [-0.1, -0.05) is 0 Å². The second kappa shape index (κ2) is 5.57. The van der Waals surface area contributed by atoms with Gasteiger partial charge in [0.05, 0.1) is 0 Å². The van der Waals surface area contributed by atoms with Gasteiger partial charge >= 0.3 is 0 Å². The highest BCUT2D eigenvalue weighted by Crippen LogP contribution is 2.34. The number of hydrogen-bond donors (Lipinski definition) is 1. The zero-order chi connectivity index (χ0) is 12.4. The lowest BCUT2D eigenvalue weighted by Crippen LogP contribution is -2.27. The van der Waals surface area contributed by atoms with Crippen LogP contribution in [0.25, 0.3) is 0 Å². The first-order valence-electron chi connectivity index (χ1n) is 7.24. The maximum absolute atomic E-state index is 4.43. The number of thiazole rings is 1. The number of rotatable bonds is 8. The van der Waals surface area contributed by atoms with E-state index in [4.69, 9.17) is 0 Å². The molecule has 1 heterocycles. The molecule has 3 nitrogen and oxygen atoms in total. The van der Waals surface area contributed by atoms with Crippen LogP contribution in [0, 0.1) is 11.8 Å². The smallest absolute Gasteiger partial charge is 0.182 e. The molecule has 0 bridgehead atoms. The molecule has 2 saturated carbocycles. The van der Waals surface area contributed by atoms with Crippen molar-refractivity contribution in [2.24, 2.45) is 11.8 Å². The van der Waals surface area contributed by atoms with Gasteiger partial charge < -0.3 is 5.32 Å². The molecular formula is C14H23N3S. The minimum Gasteiger partial charge on any atom is -0.362 e. The second-order valence-electron chi connectivity index (χ2n) is 5.74. The van der Waals surface area contributed by atoms with Gasteiger partial charge in [-0.3, -0.25) is 4.90 Å². The van der Waals surface area contributed by atoms with Crippen LogP contribution in [0.1, 0.15) is 37.5 Å². The molecule has 0 spiro atoms. The minimum absolute atomic E-state index is 0.959. The fourth-order valence-corrected chi connectivity index (χ4v) is 3.29. The molecule has 100 valence electrons. The highest BCUT2D eigenvalue weighted by molar-refractivity contribution is 7.15. The third-order valence-corrected chi connectivity index (χ3v) is 4.63. The highest BCUT2D eigenvalue weighted by Gasteiger charge is 2.29. The van der Waals surface area contributed by atoms with Crippen molar-refractivity contribution in [2.75, 3.05) is 25.0 Å². The summed E-state index contributed by atoms with van der Waals surface area (Å²) in [7, 11) is 0. The first-order valence-corrected chi connectivity index (χ1v) is 8.06. The zero-order valence-corrected chi connectivity index (χ0v) is 12.0. The van der Waals surface area contributed by atoms with Crippen LogP contribution < -0.4 is 5.32 Å². The monoisotopic (exact) mass is 265 g/mol. The molecule has 0 atom stereocenters. The maximum atomic E-state index is 4.43. The summed E-state index contributed by atoms with van der Waals surface area (Å²) in [6, 6.07) is 0. The Bertz CT molecular complexity index is 368. The lowest BCUT2D eigenvalue weighted by molar-refractivity contribution is 0.246. The van der Waals surface area contributed by atoms with Gasteiger partial charge in [-0.15, -0.1) is 11.3 Å². The summed E-state index contributed by atoms with van der Waals surface area (Å²) < 4.78 is 0. The van der Waals surface area contributed by atoms with Crippen molar-refractivity contribution < 1.29 is 0 Å². The second-order valence-corrected chi connectivity index (χ2v) is 6.86. The third kappa shape index (κ3) is 3.69. The van der Waals surface area contributed by atoms with Crippen LogP contribution in [0.3, 0.4) is 0 Å². The Balaban J connectivity index is 1.54. The van der Waals surface area contributed by atoms with E-state index < -0.39 is 0 Å². The molecule has 4 heteroatoms. The van der Waals surface area contributed by atoms with E-state index in [2.05, 4.69) is 28.3 Å². The Morgan fingerprint density at radius 2 is 1.94 bits per heavy atom. The first kappa shape index (κ1) is 12.4. The maximum Gasteiger partial charge on any atom is 0.182 e. The van der Waals surface area contributed by atoms with Crippen molar-refractivity contribution in [3.63, 3.8) is 0 Å². The fraction of sp³-hybridized carbons (Fsp3) is 0.786. The number of hydrogen-bond acceptors (Lipinski definition) is 4. The van der Waals surface area contributed by atoms with Crippen LogP contribution in [0.4, 0.5) is 5.13 Å². The molecule has 1 N–H and O–H groups in total. The molecule has 0 aliphatic heterocycles. The first-order chi connectivity index (χ1) is 8.83. The lowest BCUT2D eigenvalue weighted by atomic mass is 10.3. The van der Waals surface area contributed by atoms with Crippen LogP contribution in [0.2, 0.25) is 0 Å². The van der Waals surface area contributed by atoms with Gasteiger partial charge in [0.2, 0.25) is 0 Å². The highest BCUT2D eigenvalue weighted by atomic mass is 32.1. The van der Waals surface area contributed by atoms with E-state index in [1.165, 1.54) is 43.6 Å². The van der Waals surface area contributed by atoms with Crippen molar-refractivity contribution in [1.29, 1.82) is 0 Å². The van der Waals surface area contributed by atoms with E-state index in [1.54, 1.807) is 0 Å². The SMILES string of the molecule is CCNc1ncc(CN(CC2CC2)CC2CC2)s1. The van der Waals surface area contributed by atoms with Crippen molar-refractivity contribution in [2.45, 2.75) is 39.2 Å². The van der Waals surface area contributed by atoms with Gasteiger partial charge in [0.25, 0.3) is 0 Å². The lowest BCUT2D eigenvalue weighted by Gasteiger charge is -2.21. The predicted molar refractivity (Wildman–Crippen MR) is 77.0 cm³/mol. The molecule has 3 rings (SSSR count). The average Bonchev–Trinajstić information content (AvgIpc) is 3.24. The quantitative estimate of drug-likeness (QED) is 0.782. The molecule has 0 radical (unpaired) electrons. The summed E-state index contributed by atoms with van der Waals surface area (Å²) in [6.45, 7) is 6.81. The summed E-state index contributed by atoms with van der Waals surface area (Å²) in [4.78, 5) is 8.50. The standard InChI is InChI=1S/C14H23N3S/c1-2-15-14-16-7-13(18-14)10-17(8-11-3-4-11)9-12-5-6-12/h7,11-12H,2-6,8-10H2,1H3,(H,15,16). The normalized spacial score (nSPS) is 19.4. The Hall–Kier alpha value is -0.610. The van der Waals surface area contributed by atoms with Crippen molar-refractivity contribution in [3.05, 3.63) is 11.1 Å².